The molecule has 0 spiro atoms. The predicted octanol–water partition coefficient (Wildman–Crippen LogP) is 2.13. The molecule has 1 fully saturated rings. The number of carbonyl (C=O) groups is 2. The zero-order valence-electron chi connectivity index (χ0n) is 14.7. The number of carbonyl (C=O) groups excluding carboxylic acids is 2. The van der Waals surface area contributed by atoms with Crippen LogP contribution >= 0.6 is 12.2 Å². The van der Waals surface area contributed by atoms with Crippen molar-refractivity contribution in [3.63, 3.8) is 0 Å². The average molecular weight is 401 g/mol. The number of hydrogen-bond acceptors (Lipinski definition) is 7. The lowest BCUT2D eigenvalue weighted by molar-refractivity contribution is -0.384. The molecule has 0 radical (unpaired) electrons. The lowest BCUT2D eigenvalue weighted by Gasteiger charge is -2.28. The first-order valence-corrected chi connectivity index (χ1v) is 8.54. The van der Waals surface area contributed by atoms with Crippen LogP contribution < -0.4 is 5.32 Å². The molecule has 2 heterocycles. The van der Waals surface area contributed by atoms with Crippen molar-refractivity contribution in [2.75, 3.05) is 20.3 Å². The maximum atomic E-state index is 12.6. The Morgan fingerprint density at radius 3 is 2.82 bits per heavy atom. The molecule has 0 saturated carbocycles. The molecule has 1 N–H and O–H groups in total. The highest BCUT2D eigenvalue weighted by Gasteiger charge is 2.33. The second-order valence-corrected chi connectivity index (χ2v) is 6.16. The van der Waals surface area contributed by atoms with Gasteiger partial charge in [-0.15, -0.1) is 0 Å². The third-order valence-corrected chi connectivity index (χ3v) is 4.28. The Hall–Kier alpha value is -3.37. The molecular weight excluding hydrogens is 386 g/mol. The molecule has 10 heteroatoms. The highest BCUT2D eigenvalue weighted by molar-refractivity contribution is 7.80. The molecule has 2 amide bonds. The van der Waals surface area contributed by atoms with Gasteiger partial charge in [-0.25, -0.2) is 0 Å². The molecule has 1 aliphatic rings. The maximum Gasteiger partial charge on any atom is 0.270 e. The van der Waals surface area contributed by atoms with Gasteiger partial charge in [0.2, 0.25) is 0 Å². The summed E-state index contributed by atoms with van der Waals surface area (Å²) in [7, 11) is 1.49. The minimum Gasteiger partial charge on any atom is -0.457 e. The van der Waals surface area contributed by atoms with Crippen LogP contribution in [0.4, 0.5) is 5.69 Å². The molecular formula is C18H15N3O6S. The van der Waals surface area contributed by atoms with Gasteiger partial charge in [0.15, 0.2) is 5.11 Å². The predicted molar refractivity (Wildman–Crippen MR) is 103 cm³/mol. The van der Waals surface area contributed by atoms with Crippen LogP contribution in [0.2, 0.25) is 0 Å². The number of furan rings is 1. The molecule has 0 unspecified atom stereocenters. The third kappa shape index (κ3) is 3.97. The SMILES string of the molecule is COCCN1C(=O)C(=Cc2ccc(-c3cccc([N+](=O)[O-])c3)o2)C(=O)NC1=S. The molecule has 0 bridgehead atoms. The fourth-order valence-corrected chi connectivity index (χ4v) is 2.85. The maximum absolute atomic E-state index is 12.6. The van der Waals surface area contributed by atoms with Crippen molar-refractivity contribution in [1.29, 1.82) is 0 Å². The monoisotopic (exact) mass is 401 g/mol. The Labute approximate surface area is 164 Å². The van der Waals surface area contributed by atoms with Gasteiger partial charge in [-0.2, -0.15) is 0 Å². The van der Waals surface area contributed by atoms with E-state index in [-0.39, 0.29) is 35.3 Å². The number of thiocarbonyl (C=S) groups is 1. The van der Waals surface area contributed by atoms with Crippen molar-refractivity contribution in [2.24, 2.45) is 0 Å². The summed E-state index contributed by atoms with van der Waals surface area (Å²) < 4.78 is 10.6. The number of hydrogen-bond donors (Lipinski definition) is 1. The normalized spacial score (nSPS) is 15.8. The second kappa shape index (κ2) is 8.11. The van der Waals surface area contributed by atoms with Crippen LogP contribution in [0.15, 0.2) is 46.4 Å². The average Bonchev–Trinajstić information content (AvgIpc) is 3.14. The second-order valence-electron chi connectivity index (χ2n) is 5.78. The van der Waals surface area contributed by atoms with Crippen molar-refractivity contribution < 1.29 is 23.7 Å². The summed E-state index contributed by atoms with van der Waals surface area (Å²) in [5, 5.41) is 13.4. The van der Waals surface area contributed by atoms with Gasteiger partial charge in [0.05, 0.1) is 18.1 Å². The Kier molecular flexibility index (Phi) is 5.62. The number of non-ortho nitro benzene ring substituents is 1. The van der Waals surface area contributed by atoms with Crippen molar-refractivity contribution in [2.45, 2.75) is 0 Å². The van der Waals surface area contributed by atoms with E-state index in [0.717, 1.165) is 0 Å². The van der Waals surface area contributed by atoms with Crippen molar-refractivity contribution in [3.8, 4) is 11.3 Å². The molecule has 1 aromatic heterocycles. The van der Waals surface area contributed by atoms with Gasteiger partial charge in [-0.3, -0.25) is 29.9 Å². The summed E-state index contributed by atoms with van der Waals surface area (Å²) in [4.78, 5) is 36.4. The van der Waals surface area contributed by atoms with E-state index in [1.54, 1.807) is 24.3 Å². The zero-order valence-corrected chi connectivity index (χ0v) is 15.5. The molecule has 0 atom stereocenters. The number of methoxy groups -OCH3 is 1. The molecule has 1 aliphatic heterocycles. The molecule has 2 aromatic rings. The topological polar surface area (TPSA) is 115 Å². The molecule has 1 saturated heterocycles. The van der Waals surface area contributed by atoms with Gasteiger partial charge in [0.25, 0.3) is 17.5 Å². The van der Waals surface area contributed by atoms with Crippen molar-refractivity contribution >= 4 is 40.9 Å². The fraction of sp³-hybridized carbons (Fsp3) is 0.167. The lowest BCUT2D eigenvalue weighted by atomic mass is 10.1. The first kappa shape index (κ1) is 19.4. The summed E-state index contributed by atoms with van der Waals surface area (Å²) >= 11 is 5.03. The van der Waals surface area contributed by atoms with Crippen molar-refractivity contribution in [1.82, 2.24) is 10.2 Å². The Balaban J connectivity index is 1.88. The smallest absolute Gasteiger partial charge is 0.270 e. The van der Waals surface area contributed by atoms with Gasteiger partial charge in [-0.1, -0.05) is 12.1 Å². The quantitative estimate of drug-likeness (QED) is 0.259. The van der Waals surface area contributed by atoms with E-state index in [2.05, 4.69) is 5.32 Å². The van der Waals surface area contributed by atoms with Crippen LogP contribution in [-0.2, 0) is 14.3 Å². The first-order chi connectivity index (χ1) is 13.4. The fourth-order valence-electron chi connectivity index (χ4n) is 2.58. The minimum absolute atomic E-state index is 0.0147. The van der Waals surface area contributed by atoms with Gasteiger partial charge in [0.1, 0.15) is 17.1 Å². The van der Waals surface area contributed by atoms with E-state index in [4.69, 9.17) is 21.4 Å². The first-order valence-electron chi connectivity index (χ1n) is 8.13. The number of nitrogens with zero attached hydrogens (tertiary/aromatic N) is 2. The van der Waals surface area contributed by atoms with Crippen LogP contribution in [0, 0.1) is 10.1 Å². The van der Waals surface area contributed by atoms with E-state index in [0.29, 0.717) is 11.3 Å². The Bertz CT molecular complexity index is 997. The summed E-state index contributed by atoms with van der Waals surface area (Å²) in [6, 6.07) is 9.11. The molecule has 144 valence electrons. The van der Waals surface area contributed by atoms with E-state index >= 15 is 0 Å². The van der Waals surface area contributed by atoms with Crippen LogP contribution in [0.5, 0.6) is 0 Å². The summed E-state index contributed by atoms with van der Waals surface area (Å²) in [5.41, 5.74) is 0.295. The number of benzene rings is 1. The Morgan fingerprint density at radius 2 is 2.11 bits per heavy atom. The van der Waals surface area contributed by atoms with Crippen LogP contribution in [0.1, 0.15) is 5.76 Å². The number of amides is 2. The van der Waals surface area contributed by atoms with Gasteiger partial charge < -0.3 is 9.15 Å². The molecule has 28 heavy (non-hydrogen) atoms. The number of rotatable bonds is 6. The van der Waals surface area contributed by atoms with E-state index in [9.17, 15) is 19.7 Å². The summed E-state index contributed by atoms with van der Waals surface area (Å²) in [5.74, 6) is -0.568. The zero-order chi connectivity index (χ0) is 20.3. The number of nitro groups is 1. The number of nitrogens with one attached hydrogen (secondary N) is 1. The highest BCUT2D eigenvalue weighted by atomic mass is 32.1. The largest absolute Gasteiger partial charge is 0.457 e. The third-order valence-electron chi connectivity index (χ3n) is 3.96. The van der Waals surface area contributed by atoms with Gasteiger partial charge in [-0.05, 0) is 30.4 Å². The van der Waals surface area contributed by atoms with E-state index in [1.165, 1.54) is 30.2 Å². The van der Waals surface area contributed by atoms with Crippen LogP contribution in [-0.4, -0.2) is 47.0 Å². The summed E-state index contributed by atoms with van der Waals surface area (Å²) in [6.07, 6.45) is 1.31. The van der Waals surface area contributed by atoms with Gasteiger partial charge in [0, 0.05) is 24.8 Å². The van der Waals surface area contributed by atoms with Gasteiger partial charge >= 0.3 is 0 Å². The van der Waals surface area contributed by atoms with E-state index < -0.39 is 16.7 Å². The minimum atomic E-state index is -0.628. The number of ether oxygens (including phenoxy) is 1. The lowest BCUT2D eigenvalue weighted by Crippen LogP contribution is -2.54. The van der Waals surface area contributed by atoms with Crippen molar-refractivity contribution in [3.05, 3.63) is 57.8 Å². The molecule has 3 rings (SSSR count). The van der Waals surface area contributed by atoms with E-state index in [1.807, 2.05) is 0 Å². The molecule has 1 aromatic carbocycles. The standard InChI is InChI=1S/C18H15N3O6S/c1-26-8-7-20-17(23)14(16(22)19-18(20)28)10-13-5-6-15(27-13)11-3-2-4-12(9-11)21(24)25/h2-6,9-10H,7-8H2,1H3,(H,19,22,28). The highest BCUT2D eigenvalue weighted by Crippen LogP contribution is 2.27. The summed E-state index contributed by atoms with van der Waals surface area (Å²) in [6.45, 7) is 0.454. The van der Waals surface area contributed by atoms with Crippen LogP contribution in [0.25, 0.3) is 17.4 Å². The molecule has 0 aliphatic carbocycles. The molecule has 9 nitrogen and oxygen atoms in total. The Morgan fingerprint density at radius 1 is 1.32 bits per heavy atom. The van der Waals surface area contributed by atoms with Crippen LogP contribution in [0.3, 0.4) is 0 Å². The number of nitro benzene ring substituents is 1.